The molecule has 3 aromatic heterocycles. The smallest absolute Gasteiger partial charge is 0.159 e. The second-order valence-corrected chi connectivity index (χ2v) is 32.0. The van der Waals surface area contributed by atoms with Gasteiger partial charge in [0.05, 0.1) is 27.9 Å². The Morgan fingerprint density at radius 1 is 0.195 bits per heavy atom. The highest BCUT2D eigenvalue weighted by molar-refractivity contribution is 6.13. The lowest BCUT2D eigenvalue weighted by Gasteiger charge is -2.33. The first-order valence-electron chi connectivity index (χ1n) is 40.8. The fourth-order valence-electron chi connectivity index (χ4n) is 20.2. The summed E-state index contributed by atoms with van der Waals surface area (Å²) in [6.07, 6.45) is 0. The van der Waals surface area contributed by atoms with E-state index in [1.165, 1.54) is 106 Å². The fraction of sp³-hybridized carbons (Fsp3) is 0.0442. The van der Waals surface area contributed by atoms with Gasteiger partial charge in [-0.2, -0.15) is 0 Å². The second kappa shape index (κ2) is 27.1. The molecule has 0 saturated heterocycles. The average molecular weight is 1510 g/mol. The van der Waals surface area contributed by atoms with Crippen LogP contribution >= 0.6 is 0 Å². The van der Waals surface area contributed by atoms with Crippen LogP contribution in [0.25, 0.3) is 121 Å². The van der Waals surface area contributed by atoms with Crippen molar-refractivity contribution in [1.82, 2.24) is 0 Å². The summed E-state index contributed by atoms with van der Waals surface area (Å²) in [5.41, 5.74) is 35.2. The molecule has 0 amide bonds. The molecule has 0 bridgehead atoms. The third-order valence-corrected chi connectivity index (χ3v) is 25.5. The molecule has 5 nitrogen and oxygen atoms in total. The third kappa shape index (κ3) is 10.4. The van der Waals surface area contributed by atoms with Crippen molar-refractivity contribution in [2.45, 2.75) is 30.1 Å². The largest absolute Gasteiger partial charge is 0.456 e. The number of furan rings is 3. The number of hydrogen-bond donors (Lipinski definition) is 0. The van der Waals surface area contributed by atoms with E-state index in [9.17, 15) is 0 Å². The van der Waals surface area contributed by atoms with E-state index in [-0.39, 0.29) is 5.41 Å². The van der Waals surface area contributed by atoms with Crippen molar-refractivity contribution < 1.29 is 13.3 Å². The van der Waals surface area contributed by atoms with Crippen LogP contribution in [0, 0.1) is 0 Å². The summed E-state index contributed by atoms with van der Waals surface area (Å²) in [6, 6.07) is 154. The van der Waals surface area contributed by atoms with Gasteiger partial charge in [-0.05, 0) is 190 Å². The van der Waals surface area contributed by atoms with Crippen molar-refractivity contribution in [2.75, 3.05) is 9.80 Å². The van der Waals surface area contributed by atoms with Crippen LogP contribution in [-0.4, -0.2) is 0 Å². The molecular formula is C113H76N2O3. The summed E-state index contributed by atoms with van der Waals surface area (Å²) in [5, 5.41) is 6.54. The van der Waals surface area contributed by atoms with Crippen molar-refractivity contribution in [1.29, 1.82) is 0 Å². The molecule has 5 heteroatoms. The lowest BCUT2D eigenvalue weighted by molar-refractivity contribution is 0.660. The van der Waals surface area contributed by atoms with E-state index in [1.54, 1.807) is 0 Å². The number of rotatable bonds is 12. The summed E-state index contributed by atoms with van der Waals surface area (Å²) in [6.45, 7) is 4.70. The van der Waals surface area contributed by atoms with Crippen LogP contribution in [0.5, 0.6) is 0 Å². The Kier molecular flexibility index (Phi) is 15.7. The molecule has 556 valence electrons. The van der Waals surface area contributed by atoms with Crippen LogP contribution in [0.15, 0.2) is 438 Å². The van der Waals surface area contributed by atoms with Gasteiger partial charge in [-0.3, -0.25) is 0 Å². The molecular weight excluding hydrogens is 1430 g/mol. The Morgan fingerprint density at radius 3 is 0.983 bits per heavy atom. The molecule has 0 saturated carbocycles. The summed E-state index contributed by atoms with van der Waals surface area (Å²) in [7, 11) is 0. The SMILES string of the molecule is CC1(C)c2ccccc2-c2ccc(N(c3ccc(-c4ccccc4)cc3)c3cccc4c3oc3cc(C5(c6ccccc6)c6ccccc6-c6ccccc65)ccc34)cc21.c1ccc(-c2ccc(N(c3ccc4c(c3)oc3ccccc34)c3cccc4c3oc3cc(C5(c6ccccc6)c6ccccc6-c6ccccc65)ccc34)cc2)cc1. The summed E-state index contributed by atoms with van der Waals surface area (Å²) in [5.74, 6) is 0. The fourth-order valence-corrected chi connectivity index (χ4v) is 20.2. The summed E-state index contributed by atoms with van der Waals surface area (Å²) in [4.78, 5) is 4.68. The normalized spacial score (nSPS) is 13.5. The maximum atomic E-state index is 7.20. The molecule has 24 rings (SSSR count). The van der Waals surface area contributed by atoms with Crippen molar-refractivity contribution >= 4 is 99.9 Å². The van der Waals surface area contributed by atoms with Gasteiger partial charge in [0.25, 0.3) is 0 Å². The molecule has 3 aliphatic carbocycles. The minimum absolute atomic E-state index is 0.140. The van der Waals surface area contributed by atoms with Gasteiger partial charge in [-0.15, -0.1) is 0 Å². The first-order valence-corrected chi connectivity index (χ1v) is 40.8. The van der Waals surface area contributed by atoms with Gasteiger partial charge in [-0.1, -0.05) is 354 Å². The van der Waals surface area contributed by atoms with E-state index in [0.717, 1.165) is 106 Å². The number of anilines is 6. The molecule has 0 unspecified atom stereocenters. The van der Waals surface area contributed by atoms with E-state index in [4.69, 9.17) is 13.3 Å². The zero-order valence-corrected chi connectivity index (χ0v) is 65.0. The second-order valence-electron chi connectivity index (χ2n) is 32.0. The highest BCUT2D eigenvalue weighted by Gasteiger charge is 2.48. The predicted molar refractivity (Wildman–Crippen MR) is 487 cm³/mol. The zero-order chi connectivity index (χ0) is 78.2. The molecule has 0 radical (unpaired) electrons. The van der Waals surface area contributed by atoms with Crippen molar-refractivity contribution in [3.05, 3.63) is 480 Å². The average Bonchev–Trinajstić information content (AvgIpc) is 1.54. The lowest BCUT2D eigenvalue weighted by Crippen LogP contribution is -2.28. The topological polar surface area (TPSA) is 45.9 Å². The summed E-state index contributed by atoms with van der Waals surface area (Å²) < 4.78 is 20.8. The van der Waals surface area contributed by atoms with Crippen molar-refractivity contribution in [2.24, 2.45) is 0 Å². The van der Waals surface area contributed by atoms with Crippen LogP contribution in [-0.2, 0) is 16.2 Å². The summed E-state index contributed by atoms with van der Waals surface area (Å²) >= 11 is 0. The van der Waals surface area contributed by atoms with E-state index in [0.29, 0.717) is 0 Å². The molecule has 0 N–H and O–H groups in total. The lowest BCUT2D eigenvalue weighted by atomic mass is 9.67. The standard InChI is InChI=1S/C58H41NO.C55H35NO2/c1-57(2)50-24-12-9-20-44(50)47-35-33-43(37-53(47)57)59(42-31-28-39(29-32-42)38-16-5-3-6-17-38)54-27-15-23-49-48-34-30-41(36-55(48)60-56(49)54)58(40-18-7-4-8-19-40)51-25-13-10-21-45(51)46-22-11-14-26-52(46)58;1-3-14-36(15-4-1)37-26-29-40(30-27-37)56(41-31-33-45-44-20-9-12-25-51(44)57-53(45)35-41)50-24-13-21-47-46-32-28-39(34-52(46)58-54(47)50)55(38-16-5-2-6-17-38)48-22-10-7-18-42(48)43-19-8-11-23-49(43)55/h3-37H,1-2H3;1-35H. The number of nitrogens with zero attached hydrogens (tertiary/aromatic N) is 2. The molecule has 118 heavy (non-hydrogen) atoms. The van der Waals surface area contributed by atoms with Crippen LogP contribution in [0.3, 0.4) is 0 Å². The minimum atomic E-state index is -0.515. The number of hydrogen-bond acceptors (Lipinski definition) is 5. The third-order valence-electron chi connectivity index (χ3n) is 25.5. The van der Waals surface area contributed by atoms with Crippen molar-refractivity contribution in [3.63, 3.8) is 0 Å². The van der Waals surface area contributed by atoms with E-state index >= 15 is 0 Å². The highest BCUT2D eigenvalue weighted by Crippen LogP contribution is 2.60. The molecule has 0 fully saturated rings. The number of fused-ring (bicyclic) bond motifs is 18. The van der Waals surface area contributed by atoms with Crippen LogP contribution in [0.4, 0.5) is 34.1 Å². The first kappa shape index (κ1) is 68.5. The van der Waals surface area contributed by atoms with Gasteiger partial charge in [0.15, 0.2) is 11.2 Å². The van der Waals surface area contributed by atoms with Gasteiger partial charge in [0.1, 0.15) is 22.3 Å². The van der Waals surface area contributed by atoms with Crippen LogP contribution in [0.1, 0.15) is 69.5 Å². The highest BCUT2D eigenvalue weighted by atomic mass is 16.3. The molecule has 18 aromatic carbocycles. The van der Waals surface area contributed by atoms with E-state index in [2.05, 4.69) is 436 Å². The zero-order valence-electron chi connectivity index (χ0n) is 65.0. The van der Waals surface area contributed by atoms with Gasteiger partial charge >= 0.3 is 0 Å². The Morgan fingerprint density at radius 2 is 0.517 bits per heavy atom. The van der Waals surface area contributed by atoms with Gasteiger partial charge < -0.3 is 23.1 Å². The van der Waals surface area contributed by atoms with Crippen molar-refractivity contribution in [3.8, 4) is 55.6 Å². The maximum Gasteiger partial charge on any atom is 0.159 e. The Labute approximate surface area is 684 Å². The first-order chi connectivity index (χ1) is 58.3. The molecule has 0 spiro atoms. The predicted octanol–water partition coefficient (Wildman–Crippen LogP) is 30.4. The quantitative estimate of drug-likeness (QED) is 0.122. The Balaban J connectivity index is 0.000000138. The van der Waals surface area contributed by atoms with Crippen LogP contribution in [0.2, 0.25) is 0 Å². The molecule has 3 aliphatic rings. The van der Waals surface area contributed by atoms with Crippen LogP contribution < -0.4 is 9.80 Å². The molecule has 0 atom stereocenters. The molecule has 0 aliphatic heterocycles. The Hall–Kier alpha value is -15.0. The van der Waals surface area contributed by atoms with Gasteiger partial charge in [0, 0.05) is 60.9 Å². The molecule has 3 heterocycles. The minimum Gasteiger partial charge on any atom is -0.456 e. The van der Waals surface area contributed by atoms with E-state index in [1.807, 2.05) is 12.1 Å². The van der Waals surface area contributed by atoms with E-state index < -0.39 is 10.8 Å². The van der Waals surface area contributed by atoms with Gasteiger partial charge in [-0.25, -0.2) is 0 Å². The monoisotopic (exact) mass is 1510 g/mol. The number of benzene rings is 18. The van der Waals surface area contributed by atoms with Gasteiger partial charge in [0.2, 0.25) is 0 Å². The molecule has 21 aromatic rings. The maximum absolute atomic E-state index is 7.20. The Bertz CT molecular complexity index is 7430. The number of para-hydroxylation sites is 3.